The van der Waals surface area contributed by atoms with Gasteiger partial charge in [-0.1, -0.05) is 26.0 Å². The van der Waals surface area contributed by atoms with E-state index in [1.165, 1.54) is 5.56 Å². The number of rotatable bonds is 3. The van der Waals surface area contributed by atoms with Crippen molar-refractivity contribution in [3.05, 3.63) is 29.8 Å². The molecule has 0 atom stereocenters. The van der Waals surface area contributed by atoms with Gasteiger partial charge in [0.05, 0.1) is 6.61 Å². The molecule has 0 radical (unpaired) electrons. The van der Waals surface area contributed by atoms with Crippen LogP contribution < -0.4 is 4.90 Å². The third kappa shape index (κ3) is 4.28. The van der Waals surface area contributed by atoms with Gasteiger partial charge in [-0.3, -0.25) is 0 Å². The summed E-state index contributed by atoms with van der Waals surface area (Å²) in [4.78, 5) is 2.03. The molecule has 1 aromatic carbocycles. The summed E-state index contributed by atoms with van der Waals surface area (Å²) in [6, 6.07) is 8.24. The van der Waals surface area contributed by atoms with Crippen molar-refractivity contribution in [2.24, 2.45) is 0 Å². The maximum absolute atomic E-state index is 8.73. The van der Waals surface area contributed by atoms with Crippen LogP contribution in [-0.4, -0.2) is 25.3 Å². The first-order valence-corrected chi connectivity index (χ1v) is 5.12. The Hall–Kier alpha value is -1.02. The van der Waals surface area contributed by atoms with Crippen molar-refractivity contribution in [2.45, 2.75) is 20.8 Å². The highest BCUT2D eigenvalue weighted by atomic mass is 16.3. The number of hydrogen-bond donors (Lipinski definition) is 1. The van der Waals surface area contributed by atoms with E-state index in [1.54, 1.807) is 0 Å². The van der Waals surface area contributed by atoms with E-state index >= 15 is 0 Å². The van der Waals surface area contributed by atoms with Gasteiger partial charge < -0.3 is 10.0 Å². The van der Waals surface area contributed by atoms with Gasteiger partial charge in [0.15, 0.2) is 0 Å². The van der Waals surface area contributed by atoms with Gasteiger partial charge in [0.25, 0.3) is 0 Å². The lowest BCUT2D eigenvalue weighted by molar-refractivity contribution is 0.304. The van der Waals surface area contributed by atoms with E-state index < -0.39 is 0 Å². The van der Waals surface area contributed by atoms with Gasteiger partial charge in [0.1, 0.15) is 0 Å². The van der Waals surface area contributed by atoms with Crippen LogP contribution in [0.5, 0.6) is 0 Å². The molecular weight excluding hydrogens is 174 g/mol. The molecule has 1 N–H and O–H groups in total. The third-order valence-corrected chi connectivity index (χ3v) is 1.88. The van der Waals surface area contributed by atoms with Crippen LogP contribution in [0.1, 0.15) is 19.4 Å². The first-order chi connectivity index (χ1) is 6.74. The second kappa shape index (κ2) is 7.39. The maximum Gasteiger partial charge on any atom is 0.0606 e. The van der Waals surface area contributed by atoms with Crippen molar-refractivity contribution in [1.29, 1.82) is 0 Å². The van der Waals surface area contributed by atoms with E-state index in [9.17, 15) is 0 Å². The fourth-order valence-electron chi connectivity index (χ4n) is 1.14. The van der Waals surface area contributed by atoms with E-state index in [4.69, 9.17) is 5.11 Å². The maximum atomic E-state index is 8.73. The van der Waals surface area contributed by atoms with Gasteiger partial charge in [-0.25, -0.2) is 0 Å². The average Bonchev–Trinajstić information content (AvgIpc) is 2.21. The summed E-state index contributed by atoms with van der Waals surface area (Å²) in [6.07, 6.45) is 0. The van der Waals surface area contributed by atoms with E-state index in [0.29, 0.717) is 6.54 Å². The van der Waals surface area contributed by atoms with Gasteiger partial charge in [-0.15, -0.1) is 0 Å². The van der Waals surface area contributed by atoms with Crippen molar-refractivity contribution in [2.75, 3.05) is 25.1 Å². The van der Waals surface area contributed by atoms with Crippen molar-refractivity contribution in [3.63, 3.8) is 0 Å². The molecular formula is C12H21NO. The molecule has 0 bridgehead atoms. The molecule has 0 saturated heterocycles. The third-order valence-electron chi connectivity index (χ3n) is 1.88. The normalized spacial score (nSPS) is 8.93. The Balaban J connectivity index is 0.000000791. The number of aryl methyl sites for hydroxylation is 1. The topological polar surface area (TPSA) is 23.5 Å². The first kappa shape index (κ1) is 13.0. The Kier molecular flexibility index (Phi) is 6.85. The largest absolute Gasteiger partial charge is 0.395 e. The number of hydrogen-bond acceptors (Lipinski definition) is 2. The molecule has 0 heterocycles. The second-order valence-electron chi connectivity index (χ2n) is 2.98. The Morgan fingerprint density at radius 3 is 2.43 bits per heavy atom. The summed E-state index contributed by atoms with van der Waals surface area (Å²) in [6.45, 7) is 6.95. The van der Waals surface area contributed by atoms with Crippen LogP contribution in [-0.2, 0) is 0 Å². The molecule has 0 saturated carbocycles. The minimum absolute atomic E-state index is 0.199. The number of likely N-dealkylation sites (N-methyl/N-ethyl adjacent to an activating group) is 1. The molecule has 0 unspecified atom stereocenters. The van der Waals surface area contributed by atoms with Crippen LogP contribution in [0.4, 0.5) is 5.69 Å². The van der Waals surface area contributed by atoms with E-state index in [2.05, 4.69) is 19.1 Å². The molecule has 0 fully saturated rings. The number of nitrogens with zero attached hydrogens (tertiary/aromatic N) is 1. The Morgan fingerprint density at radius 1 is 1.29 bits per heavy atom. The van der Waals surface area contributed by atoms with Gasteiger partial charge in [0, 0.05) is 19.3 Å². The molecule has 0 spiro atoms. The van der Waals surface area contributed by atoms with Gasteiger partial charge in [-0.2, -0.15) is 0 Å². The molecule has 0 aliphatic heterocycles. The lowest BCUT2D eigenvalue weighted by atomic mass is 10.2. The smallest absolute Gasteiger partial charge is 0.0606 e. The van der Waals surface area contributed by atoms with E-state index in [0.717, 1.165) is 5.69 Å². The minimum Gasteiger partial charge on any atom is -0.395 e. The van der Waals surface area contributed by atoms with Gasteiger partial charge in [0.2, 0.25) is 0 Å². The predicted octanol–water partition coefficient (Wildman–Crippen LogP) is 2.45. The van der Waals surface area contributed by atoms with E-state index in [1.807, 2.05) is 37.9 Å². The number of benzene rings is 1. The van der Waals surface area contributed by atoms with Crippen LogP contribution in [0, 0.1) is 6.92 Å². The average molecular weight is 195 g/mol. The zero-order chi connectivity index (χ0) is 11.0. The molecule has 2 heteroatoms. The highest BCUT2D eigenvalue weighted by molar-refractivity contribution is 5.47. The fraction of sp³-hybridized carbons (Fsp3) is 0.500. The quantitative estimate of drug-likeness (QED) is 0.800. The first-order valence-electron chi connectivity index (χ1n) is 5.12. The zero-order valence-electron chi connectivity index (χ0n) is 9.62. The zero-order valence-corrected chi connectivity index (χ0v) is 9.62. The van der Waals surface area contributed by atoms with E-state index in [-0.39, 0.29) is 6.61 Å². The summed E-state index contributed by atoms with van der Waals surface area (Å²) in [5.74, 6) is 0. The summed E-state index contributed by atoms with van der Waals surface area (Å²) in [5.41, 5.74) is 2.40. The van der Waals surface area contributed by atoms with Crippen molar-refractivity contribution >= 4 is 5.69 Å². The number of aliphatic hydroxyl groups is 1. The fourth-order valence-corrected chi connectivity index (χ4v) is 1.14. The van der Waals surface area contributed by atoms with Crippen LogP contribution in [0.3, 0.4) is 0 Å². The monoisotopic (exact) mass is 195 g/mol. The lowest BCUT2D eigenvalue weighted by Crippen LogP contribution is -2.20. The van der Waals surface area contributed by atoms with Crippen LogP contribution in [0.25, 0.3) is 0 Å². The number of aliphatic hydroxyl groups excluding tert-OH is 1. The highest BCUT2D eigenvalue weighted by Gasteiger charge is 1.98. The molecule has 1 rings (SSSR count). The molecule has 1 aromatic rings. The molecule has 0 aromatic heterocycles. The summed E-state index contributed by atoms with van der Waals surface area (Å²) < 4.78 is 0. The molecule has 0 aliphatic rings. The van der Waals surface area contributed by atoms with Crippen LogP contribution >= 0.6 is 0 Å². The van der Waals surface area contributed by atoms with Crippen molar-refractivity contribution < 1.29 is 5.11 Å². The Labute approximate surface area is 87.2 Å². The molecule has 0 amide bonds. The molecule has 80 valence electrons. The highest BCUT2D eigenvalue weighted by Crippen LogP contribution is 2.13. The van der Waals surface area contributed by atoms with Crippen molar-refractivity contribution in [1.82, 2.24) is 0 Å². The molecule has 0 aliphatic carbocycles. The number of anilines is 1. The molecule has 14 heavy (non-hydrogen) atoms. The predicted molar refractivity (Wildman–Crippen MR) is 62.9 cm³/mol. The molecule has 2 nitrogen and oxygen atoms in total. The van der Waals surface area contributed by atoms with Gasteiger partial charge in [-0.05, 0) is 24.6 Å². The standard InChI is InChI=1S/C10H15NO.C2H6/c1-9-4-3-5-10(8-9)11(2)6-7-12;1-2/h3-5,8,12H,6-7H2,1-2H3;1-2H3. The summed E-state index contributed by atoms with van der Waals surface area (Å²) in [5, 5.41) is 8.73. The summed E-state index contributed by atoms with van der Waals surface area (Å²) >= 11 is 0. The minimum atomic E-state index is 0.199. The van der Waals surface area contributed by atoms with Crippen LogP contribution in [0.15, 0.2) is 24.3 Å². The summed E-state index contributed by atoms with van der Waals surface area (Å²) in [7, 11) is 1.98. The lowest BCUT2D eigenvalue weighted by Gasteiger charge is -2.17. The SMILES string of the molecule is CC.Cc1cccc(N(C)CCO)c1. The van der Waals surface area contributed by atoms with Crippen LogP contribution in [0.2, 0.25) is 0 Å². The Bertz CT molecular complexity index is 248. The Morgan fingerprint density at radius 2 is 1.93 bits per heavy atom. The van der Waals surface area contributed by atoms with Crippen molar-refractivity contribution in [3.8, 4) is 0 Å². The second-order valence-corrected chi connectivity index (χ2v) is 2.98. The van der Waals surface area contributed by atoms with Gasteiger partial charge >= 0.3 is 0 Å².